The number of carbonyl (C=O) groups excluding carboxylic acids is 1. The number of ether oxygens (including phenoxy) is 1. The molecule has 1 saturated heterocycles. The van der Waals surface area contributed by atoms with Crippen LogP contribution in [0.5, 0.6) is 0 Å². The molecule has 0 aromatic carbocycles. The average molecular weight is 392 g/mol. The average Bonchev–Trinajstić information content (AvgIpc) is 3.33. The van der Waals surface area contributed by atoms with Crippen LogP contribution in [0.3, 0.4) is 0 Å². The van der Waals surface area contributed by atoms with Crippen molar-refractivity contribution >= 4 is 45.0 Å². The fraction of sp³-hybridized carbons (Fsp3) is 0.353. The third-order valence-corrected chi connectivity index (χ3v) is 6.93. The summed E-state index contributed by atoms with van der Waals surface area (Å²) in [6.45, 7) is 4.88. The summed E-state index contributed by atoms with van der Waals surface area (Å²) in [6, 6.07) is 4.16. The van der Waals surface area contributed by atoms with Gasteiger partial charge in [-0.1, -0.05) is 0 Å². The van der Waals surface area contributed by atoms with Gasteiger partial charge in [-0.2, -0.15) is 0 Å². The molecule has 8 heteroatoms. The Morgan fingerprint density at radius 2 is 2.16 bits per heavy atom. The van der Waals surface area contributed by atoms with Crippen LogP contribution in [0.2, 0.25) is 0 Å². The van der Waals surface area contributed by atoms with Gasteiger partial charge in [-0.25, -0.2) is 9.97 Å². The highest BCUT2D eigenvalue weighted by molar-refractivity contribution is 7.18. The summed E-state index contributed by atoms with van der Waals surface area (Å²) in [5.41, 5.74) is 0.947. The molecule has 1 aliphatic heterocycles. The summed E-state index contributed by atoms with van der Waals surface area (Å²) in [5, 5.41) is 4.41. The topological polar surface area (TPSA) is 64.1 Å². The van der Waals surface area contributed by atoms with E-state index in [2.05, 4.69) is 34.3 Å². The summed E-state index contributed by atoms with van der Waals surface area (Å²) >= 11 is 4.61. The van der Waals surface area contributed by atoms with Crippen molar-refractivity contribution in [3.8, 4) is 10.6 Å². The molecule has 0 radical (unpaired) electrons. The quantitative estimate of drug-likeness (QED) is 0.676. The van der Waals surface area contributed by atoms with Crippen LogP contribution in [0, 0.1) is 13.8 Å². The van der Waals surface area contributed by atoms with Crippen molar-refractivity contribution in [2.45, 2.75) is 32.8 Å². The highest BCUT2D eigenvalue weighted by Gasteiger charge is 2.23. The lowest BCUT2D eigenvalue weighted by molar-refractivity contribution is 0.103. The molecule has 5 nitrogen and oxygen atoms in total. The molecular weight excluding hydrogens is 374 g/mol. The number of carbonyl (C=O) groups is 1. The van der Waals surface area contributed by atoms with E-state index in [0.29, 0.717) is 10.0 Å². The number of thiophene rings is 1. The van der Waals surface area contributed by atoms with E-state index >= 15 is 0 Å². The Bertz CT molecular complexity index is 906. The van der Waals surface area contributed by atoms with E-state index in [-0.39, 0.29) is 12.0 Å². The number of rotatable bonds is 4. The zero-order valence-corrected chi connectivity index (χ0v) is 16.3. The van der Waals surface area contributed by atoms with Crippen LogP contribution < -0.4 is 5.32 Å². The first-order chi connectivity index (χ1) is 12.1. The monoisotopic (exact) mass is 391 g/mol. The zero-order valence-electron chi connectivity index (χ0n) is 13.9. The SMILES string of the molecule is Cc1ccc(-c2nc(NC(=O)c3cnc([C@@H]4CCCO4)s3)sc2C)s1. The van der Waals surface area contributed by atoms with Crippen LogP contribution >= 0.6 is 34.0 Å². The molecule has 0 bridgehead atoms. The fourth-order valence-electron chi connectivity index (χ4n) is 2.71. The van der Waals surface area contributed by atoms with Crippen LogP contribution in [0.15, 0.2) is 18.3 Å². The maximum absolute atomic E-state index is 12.5. The Labute approximate surface area is 157 Å². The van der Waals surface area contributed by atoms with E-state index in [4.69, 9.17) is 4.74 Å². The number of hydrogen-bond donors (Lipinski definition) is 1. The molecular formula is C17H17N3O2S3. The van der Waals surface area contributed by atoms with E-state index in [1.165, 1.54) is 27.6 Å². The van der Waals surface area contributed by atoms with Crippen LogP contribution in [-0.4, -0.2) is 22.5 Å². The van der Waals surface area contributed by atoms with Gasteiger partial charge >= 0.3 is 0 Å². The predicted molar refractivity (Wildman–Crippen MR) is 103 cm³/mol. The molecule has 1 atom stereocenters. The molecule has 1 fully saturated rings. The third kappa shape index (κ3) is 3.52. The molecule has 1 amide bonds. The lowest BCUT2D eigenvalue weighted by atomic mass is 10.2. The number of amides is 1. The number of nitrogens with zero attached hydrogens (tertiary/aromatic N) is 2. The van der Waals surface area contributed by atoms with E-state index in [0.717, 1.165) is 39.9 Å². The maximum atomic E-state index is 12.5. The van der Waals surface area contributed by atoms with Gasteiger partial charge in [0.2, 0.25) is 0 Å². The van der Waals surface area contributed by atoms with Gasteiger partial charge in [-0.05, 0) is 38.8 Å². The molecule has 0 unspecified atom stereocenters. The van der Waals surface area contributed by atoms with Gasteiger partial charge in [0.25, 0.3) is 5.91 Å². The Morgan fingerprint density at radius 3 is 2.88 bits per heavy atom. The number of aryl methyl sites for hydroxylation is 2. The largest absolute Gasteiger partial charge is 0.371 e. The minimum atomic E-state index is -0.163. The van der Waals surface area contributed by atoms with Gasteiger partial charge in [0, 0.05) is 16.4 Å². The van der Waals surface area contributed by atoms with Crippen molar-refractivity contribution in [3.05, 3.63) is 38.0 Å². The molecule has 3 aromatic heterocycles. The first-order valence-corrected chi connectivity index (χ1v) is 10.5. The second-order valence-corrected chi connectivity index (χ2v) is 9.41. The summed E-state index contributed by atoms with van der Waals surface area (Å²) in [5.74, 6) is -0.163. The van der Waals surface area contributed by atoms with Crippen molar-refractivity contribution < 1.29 is 9.53 Å². The minimum absolute atomic E-state index is 0.0438. The second-order valence-electron chi connectivity index (χ2n) is 5.85. The number of aromatic nitrogens is 2. The molecule has 1 aliphatic rings. The van der Waals surface area contributed by atoms with Gasteiger partial charge in [-0.3, -0.25) is 10.1 Å². The lowest BCUT2D eigenvalue weighted by Gasteiger charge is -2.03. The van der Waals surface area contributed by atoms with Crippen LogP contribution in [0.1, 0.15) is 43.4 Å². The lowest BCUT2D eigenvalue weighted by Crippen LogP contribution is -2.09. The first-order valence-electron chi connectivity index (χ1n) is 8.03. The van der Waals surface area contributed by atoms with Crippen molar-refractivity contribution in [2.75, 3.05) is 11.9 Å². The minimum Gasteiger partial charge on any atom is -0.371 e. The van der Waals surface area contributed by atoms with Crippen molar-refractivity contribution in [2.24, 2.45) is 0 Å². The van der Waals surface area contributed by atoms with E-state index in [1.54, 1.807) is 17.5 Å². The summed E-state index contributed by atoms with van der Waals surface area (Å²) in [7, 11) is 0. The molecule has 0 saturated carbocycles. The molecule has 25 heavy (non-hydrogen) atoms. The van der Waals surface area contributed by atoms with E-state index < -0.39 is 0 Å². The molecule has 4 rings (SSSR count). The normalized spacial score (nSPS) is 17.1. The Hall–Kier alpha value is -1.61. The highest BCUT2D eigenvalue weighted by Crippen LogP contribution is 2.35. The highest BCUT2D eigenvalue weighted by atomic mass is 32.1. The first kappa shape index (κ1) is 16.8. The van der Waals surface area contributed by atoms with E-state index in [1.807, 2.05) is 6.92 Å². The standard InChI is InChI=1S/C17H17N3O2S3/c1-9-5-6-12(23-9)14-10(2)24-17(19-14)20-15(21)13-8-18-16(25-13)11-4-3-7-22-11/h5-6,8,11H,3-4,7H2,1-2H3,(H,19,20,21)/t11-/m0/s1. The molecule has 3 aromatic rings. The molecule has 1 N–H and O–H groups in total. The number of anilines is 1. The van der Waals surface area contributed by atoms with Crippen molar-refractivity contribution in [3.63, 3.8) is 0 Å². The Kier molecular flexibility index (Phi) is 4.68. The molecule has 0 aliphatic carbocycles. The number of nitrogens with one attached hydrogen (secondary N) is 1. The smallest absolute Gasteiger partial charge is 0.269 e. The number of hydrogen-bond acceptors (Lipinski definition) is 7. The molecule has 130 valence electrons. The zero-order chi connectivity index (χ0) is 17.4. The predicted octanol–water partition coefficient (Wildman–Crippen LogP) is 5.05. The fourth-order valence-corrected chi connectivity index (χ4v) is 5.41. The van der Waals surface area contributed by atoms with Gasteiger partial charge in [0.05, 0.1) is 16.8 Å². The second kappa shape index (κ2) is 6.95. The summed E-state index contributed by atoms with van der Waals surface area (Å²) in [4.78, 5) is 25.5. The van der Waals surface area contributed by atoms with Gasteiger partial charge in [0.1, 0.15) is 16.0 Å². The van der Waals surface area contributed by atoms with Crippen LogP contribution in [0.4, 0.5) is 5.13 Å². The third-order valence-electron chi connectivity index (χ3n) is 3.94. The Balaban J connectivity index is 1.49. The Morgan fingerprint density at radius 1 is 1.28 bits per heavy atom. The summed E-state index contributed by atoms with van der Waals surface area (Å²) < 4.78 is 5.63. The molecule has 0 spiro atoms. The van der Waals surface area contributed by atoms with Crippen molar-refractivity contribution in [1.29, 1.82) is 0 Å². The maximum Gasteiger partial charge on any atom is 0.269 e. The van der Waals surface area contributed by atoms with Crippen LogP contribution in [-0.2, 0) is 4.74 Å². The van der Waals surface area contributed by atoms with Gasteiger partial charge in [-0.15, -0.1) is 34.0 Å². The summed E-state index contributed by atoms with van der Waals surface area (Å²) in [6.07, 6.45) is 3.70. The van der Waals surface area contributed by atoms with E-state index in [9.17, 15) is 4.79 Å². The van der Waals surface area contributed by atoms with Crippen molar-refractivity contribution in [1.82, 2.24) is 9.97 Å². The molecule has 4 heterocycles. The van der Waals surface area contributed by atoms with Gasteiger partial charge < -0.3 is 4.74 Å². The number of thiazole rings is 2. The van der Waals surface area contributed by atoms with Crippen LogP contribution in [0.25, 0.3) is 10.6 Å². The van der Waals surface area contributed by atoms with Gasteiger partial charge in [0.15, 0.2) is 5.13 Å².